The molecule has 3 heterocycles. The molecule has 7 nitrogen and oxygen atoms in total. The third-order valence-electron chi connectivity index (χ3n) is 3.83. The minimum atomic E-state index is -0.255. The summed E-state index contributed by atoms with van der Waals surface area (Å²) >= 11 is 2.89. The molecule has 1 aliphatic heterocycles. The Hall–Kier alpha value is -2.65. The van der Waals surface area contributed by atoms with Gasteiger partial charge in [-0.2, -0.15) is 0 Å². The minimum Gasteiger partial charge on any atom is -0.335 e. The van der Waals surface area contributed by atoms with Crippen molar-refractivity contribution in [1.29, 1.82) is 0 Å². The van der Waals surface area contributed by atoms with Gasteiger partial charge in [0.1, 0.15) is 0 Å². The van der Waals surface area contributed by atoms with E-state index in [9.17, 15) is 9.59 Å². The molecule has 25 heavy (non-hydrogen) atoms. The summed E-state index contributed by atoms with van der Waals surface area (Å²) in [5, 5.41) is 10.7. The Labute approximate surface area is 151 Å². The normalized spacial score (nSPS) is 13.5. The van der Waals surface area contributed by atoms with E-state index in [0.717, 1.165) is 4.88 Å². The largest absolute Gasteiger partial charge is 0.335 e. The first-order chi connectivity index (χ1) is 12.2. The van der Waals surface area contributed by atoms with Gasteiger partial charge in [0.05, 0.1) is 16.0 Å². The van der Waals surface area contributed by atoms with Crippen molar-refractivity contribution in [2.45, 2.75) is 5.16 Å². The van der Waals surface area contributed by atoms with Crippen molar-refractivity contribution in [3.8, 4) is 10.7 Å². The summed E-state index contributed by atoms with van der Waals surface area (Å²) < 4.78 is 1.43. The molecule has 0 atom stereocenters. The van der Waals surface area contributed by atoms with E-state index in [0.29, 0.717) is 27.9 Å². The van der Waals surface area contributed by atoms with Gasteiger partial charge in [-0.15, -0.1) is 21.5 Å². The summed E-state index contributed by atoms with van der Waals surface area (Å²) in [5.41, 5.74) is 0.916. The molecule has 2 N–H and O–H groups in total. The predicted molar refractivity (Wildman–Crippen MR) is 96.0 cm³/mol. The monoisotopic (exact) mass is 371 g/mol. The van der Waals surface area contributed by atoms with Crippen molar-refractivity contribution >= 4 is 34.9 Å². The fraction of sp³-hybridized carbons (Fsp3) is 0.125. The first-order valence-corrected chi connectivity index (χ1v) is 9.35. The lowest BCUT2D eigenvalue weighted by Crippen LogP contribution is -2.32. The topological polar surface area (TPSA) is 94.1 Å². The zero-order valence-electron chi connectivity index (χ0n) is 13.0. The van der Waals surface area contributed by atoms with Crippen LogP contribution in [-0.4, -0.2) is 43.9 Å². The van der Waals surface area contributed by atoms with Crippen LogP contribution in [0.5, 0.6) is 0 Å². The molecule has 0 radical (unpaired) electrons. The summed E-state index contributed by atoms with van der Waals surface area (Å²) in [7, 11) is 0. The lowest BCUT2D eigenvalue weighted by Gasteiger charge is -2.12. The number of rotatable bonds is 5. The van der Waals surface area contributed by atoms with Crippen molar-refractivity contribution in [1.82, 2.24) is 19.8 Å². The smallest absolute Gasteiger partial charge is 0.261 e. The van der Waals surface area contributed by atoms with Gasteiger partial charge in [0, 0.05) is 12.3 Å². The maximum Gasteiger partial charge on any atom is 0.261 e. The fourth-order valence-corrected chi connectivity index (χ4v) is 4.11. The van der Waals surface area contributed by atoms with Gasteiger partial charge in [-0.25, -0.2) is 4.68 Å². The number of thiophene rings is 1. The second-order valence-corrected chi connectivity index (χ2v) is 7.32. The Bertz CT molecular complexity index is 916. The number of carbonyl (C=O) groups is 2. The summed E-state index contributed by atoms with van der Waals surface area (Å²) in [6.45, 7) is 0.290. The van der Waals surface area contributed by atoms with E-state index in [1.807, 2.05) is 17.5 Å². The molecule has 0 saturated heterocycles. The predicted octanol–water partition coefficient (Wildman–Crippen LogP) is 2.11. The van der Waals surface area contributed by atoms with Crippen molar-refractivity contribution < 1.29 is 9.59 Å². The highest BCUT2D eigenvalue weighted by molar-refractivity contribution is 7.99. The van der Waals surface area contributed by atoms with Gasteiger partial charge in [-0.1, -0.05) is 30.0 Å². The number of imide groups is 1. The molecule has 9 heteroatoms. The van der Waals surface area contributed by atoms with Crippen LogP contribution in [-0.2, 0) is 0 Å². The molecule has 2 aromatic heterocycles. The molecule has 0 unspecified atom stereocenters. The van der Waals surface area contributed by atoms with Gasteiger partial charge in [0.15, 0.2) is 5.82 Å². The zero-order chi connectivity index (χ0) is 17.4. The van der Waals surface area contributed by atoms with E-state index >= 15 is 0 Å². The Kier molecular flexibility index (Phi) is 4.02. The van der Waals surface area contributed by atoms with Crippen molar-refractivity contribution in [2.75, 3.05) is 18.1 Å². The van der Waals surface area contributed by atoms with Crippen LogP contribution in [0, 0.1) is 0 Å². The SMILES string of the molecule is Nn1c(SCCN2C(=O)c3ccccc3C2=O)nnc1-c1cccs1. The zero-order valence-corrected chi connectivity index (χ0v) is 14.6. The molecular formula is C16H13N5O2S2. The quantitative estimate of drug-likeness (QED) is 0.419. The summed E-state index contributed by atoms with van der Waals surface area (Å²) in [4.78, 5) is 26.8. The average Bonchev–Trinajstić information content (AvgIpc) is 3.32. The van der Waals surface area contributed by atoms with E-state index in [4.69, 9.17) is 5.84 Å². The van der Waals surface area contributed by atoms with Crippen LogP contribution in [0.1, 0.15) is 20.7 Å². The summed E-state index contributed by atoms with van der Waals surface area (Å²) in [5.74, 6) is 6.62. The molecule has 0 saturated carbocycles. The first-order valence-electron chi connectivity index (χ1n) is 7.49. The third-order valence-corrected chi connectivity index (χ3v) is 5.62. The third kappa shape index (κ3) is 2.71. The summed E-state index contributed by atoms with van der Waals surface area (Å²) in [6, 6.07) is 10.7. The molecule has 3 aromatic rings. The molecule has 126 valence electrons. The number of aromatic nitrogens is 3. The number of hydrogen-bond acceptors (Lipinski definition) is 7. The Morgan fingerprint density at radius 2 is 1.76 bits per heavy atom. The molecule has 2 amide bonds. The van der Waals surface area contributed by atoms with Gasteiger partial charge in [-0.05, 0) is 23.6 Å². The Morgan fingerprint density at radius 3 is 2.40 bits per heavy atom. The number of carbonyl (C=O) groups excluding carboxylic acids is 2. The Balaban J connectivity index is 1.43. The van der Waals surface area contributed by atoms with Gasteiger partial charge in [-0.3, -0.25) is 14.5 Å². The van der Waals surface area contributed by atoms with Crippen LogP contribution in [0.4, 0.5) is 0 Å². The highest BCUT2D eigenvalue weighted by Gasteiger charge is 2.34. The highest BCUT2D eigenvalue weighted by atomic mass is 32.2. The lowest BCUT2D eigenvalue weighted by atomic mass is 10.1. The van der Waals surface area contributed by atoms with E-state index in [2.05, 4.69) is 10.2 Å². The van der Waals surface area contributed by atoms with Crippen molar-refractivity contribution in [3.63, 3.8) is 0 Å². The molecular weight excluding hydrogens is 358 g/mol. The lowest BCUT2D eigenvalue weighted by molar-refractivity contribution is 0.0664. The fourth-order valence-electron chi connectivity index (χ4n) is 2.62. The first kappa shape index (κ1) is 15.9. The van der Waals surface area contributed by atoms with E-state index in [1.165, 1.54) is 32.7 Å². The minimum absolute atomic E-state index is 0.255. The standard InChI is InChI=1S/C16H13N5O2S2/c17-21-13(12-6-3-8-24-12)18-19-16(21)25-9-7-20-14(22)10-4-1-2-5-11(10)15(20)23/h1-6,8H,7,9,17H2. The van der Waals surface area contributed by atoms with E-state index in [-0.39, 0.29) is 18.4 Å². The van der Waals surface area contributed by atoms with Crippen LogP contribution in [0.2, 0.25) is 0 Å². The second-order valence-electron chi connectivity index (χ2n) is 5.31. The highest BCUT2D eigenvalue weighted by Crippen LogP contribution is 2.26. The number of fused-ring (bicyclic) bond motifs is 1. The Morgan fingerprint density at radius 1 is 1.04 bits per heavy atom. The van der Waals surface area contributed by atoms with Gasteiger partial charge >= 0.3 is 0 Å². The van der Waals surface area contributed by atoms with Crippen LogP contribution < -0.4 is 5.84 Å². The number of thioether (sulfide) groups is 1. The van der Waals surface area contributed by atoms with E-state index < -0.39 is 0 Å². The number of nitrogens with zero attached hydrogens (tertiary/aromatic N) is 4. The van der Waals surface area contributed by atoms with Crippen LogP contribution >= 0.6 is 23.1 Å². The molecule has 0 bridgehead atoms. The van der Waals surface area contributed by atoms with E-state index in [1.54, 1.807) is 24.3 Å². The van der Waals surface area contributed by atoms with Crippen molar-refractivity contribution in [3.05, 3.63) is 52.9 Å². The maximum atomic E-state index is 12.3. The number of nitrogens with two attached hydrogens (primary N) is 1. The van der Waals surface area contributed by atoms with Crippen LogP contribution in [0.15, 0.2) is 46.9 Å². The summed E-state index contributed by atoms with van der Waals surface area (Å²) in [6.07, 6.45) is 0. The van der Waals surface area contributed by atoms with Crippen LogP contribution in [0.3, 0.4) is 0 Å². The molecule has 4 rings (SSSR count). The number of hydrogen-bond donors (Lipinski definition) is 1. The average molecular weight is 371 g/mol. The number of amides is 2. The van der Waals surface area contributed by atoms with Crippen LogP contribution in [0.25, 0.3) is 10.7 Å². The number of nitrogen functional groups attached to an aromatic ring is 1. The van der Waals surface area contributed by atoms with Crippen molar-refractivity contribution in [2.24, 2.45) is 0 Å². The molecule has 0 spiro atoms. The molecule has 0 fully saturated rings. The molecule has 1 aromatic carbocycles. The molecule has 0 aliphatic carbocycles. The van der Waals surface area contributed by atoms with Gasteiger partial charge in [0.25, 0.3) is 11.8 Å². The number of benzene rings is 1. The maximum absolute atomic E-state index is 12.3. The molecule has 1 aliphatic rings. The second kappa shape index (κ2) is 6.34. The van der Waals surface area contributed by atoms with Gasteiger partial charge in [0.2, 0.25) is 5.16 Å². The van der Waals surface area contributed by atoms with Gasteiger partial charge < -0.3 is 5.84 Å².